The van der Waals surface area contributed by atoms with Gasteiger partial charge in [-0.15, -0.1) is 0 Å². The minimum atomic E-state index is -0.153. The molecular weight excluding hydrogens is 994 g/mol. The third kappa shape index (κ3) is 6.76. The van der Waals surface area contributed by atoms with E-state index in [4.69, 9.17) is 0 Å². The molecule has 0 fully saturated rings. The molecule has 2 aromatic carbocycles. The quantitative estimate of drug-likeness (QED) is 0.230. The Morgan fingerprint density at radius 3 is 2.08 bits per heavy atom. The van der Waals surface area contributed by atoms with Gasteiger partial charge in [-0.3, -0.25) is 0 Å². The summed E-state index contributed by atoms with van der Waals surface area (Å²) >= 11 is 12.2. The molecule has 0 bridgehead atoms. The zero-order chi connectivity index (χ0) is 18.8. The summed E-state index contributed by atoms with van der Waals surface area (Å²) < 4.78 is 1.90. The zero-order valence-corrected chi connectivity index (χ0v) is 26.3. The van der Waals surface area contributed by atoms with Gasteiger partial charge in [-0.1, -0.05) is 0 Å². The van der Waals surface area contributed by atoms with Crippen molar-refractivity contribution in [3.8, 4) is 0 Å². The fourth-order valence-electron chi connectivity index (χ4n) is 2.48. The van der Waals surface area contributed by atoms with Crippen LogP contribution >= 0.6 is 113 Å². The first kappa shape index (κ1) is 23.8. The number of alkyl halides is 6. The van der Waals surface area contributed by atoms with Crippen LogP contribution in [0.1, 0.15) is 46.8 Å². The molecule has 136 valence electrons. The van der Waals surface area contributed by atoms with Gasteiger partial charge >= 0.3 is 232 Å². The van der Waals surface area contributed by atoms with Crippen LogP contribution in [0.5, 0.6) is 0 Å². The normalized spacial score (nSPS) is 12.2. The van der Waals surface area contributed by atoms with Crippen molar-refractivity contribution in [3.05, 3.63) is 68.3 Å². The molecule has 0 aliphatic heterocycles. The monoisotopic (exact) mass is 1010 g/mol. The number of hydrogen-bond acceptors (Lipinski definition) is 1. The van der Waals surface area contributed by atoms with Crippen molar-refractivity contribution in [1.29, 1.82) is 0 Å². The third-order valence-electron chi connectivity index (χ3n) is 3.56. The molecule has 1 nitrogen and oxygen atoms in total. The van der Waals surface area contributed by atoms with E-state index >= 15 is 0 Å². The SMILES string of the molecule is CC(C)c1cccc(C(=O)c2ccc([I-]C(I)I)cc2)c1C(I)(I)I. The fourth-order valence-corrected chi connectivity index (χ4v) is 9.25. The van der Waals surface area contributed by atoms with Crippen LogP contribution in [-0.4, -0.2) is 5.72 Å². The average Bonchev–Trinajstić information content (AvgIpc) is 2.52. The Morgan fingerprint density at radius 1 is 1.00 bits per heavy atom. The fraction of sp³-hybridized carbons (Fsp3) is 0.278. The van der Waals surface area contributed by atoms with Crippen molar-refractivity contribution in [2.24, 2.45) is 0 Å². The standard InChI is InChI=1S/C18H15I6O/c1-10(2)13-4-3-5-14(15(13)18(21,22)23)16(25)11-6-8-12(9-7-11)24-17(19)20/h3-10,17H,1-2H3/q-1. The number of rotatable bonds is 6. The van der Waals surface area contributed by atoms with E-state index in [1.807, 2.05) is 24.3 Å². The van der Waals surface area contributed by atoms with E-state index in [0.717, 1.165) is 16.7 Å². The Morgan fingerprint density at radius 2 is 1.60 bits per heavy atom. The van der Waals surface area contributed by atoms with Crippen molar-refractivity contribution in [1.82, 2.24) is 0 Å². The van der Waals surface area contributed by atoms with Gasteiger partial charge in [0.05, 0.1) is 0 Å². The number of hydrogen-bond donors (Lipinski definition) is 0. The topological polar surface area (TPSA) is 17.1 Å². The van der Waals surface area contributed by atoms with Crippen molar-refractivity contribution < 1.29 is 26.0 Å². The molecule has 0 spiro atoms. The second-order valence-electron chi connectivity index (χ2n) is 5.61. The maximum absolute atomic E-state index is 13.2. The van der Waals surface area contributed by atoms with Gasteiger partial charge in [-0.2, -0.15) is 0 Å². The summed E-state index contributed by atoms with van der Waals surface area (Å²) in [6, 6.07) is 14.4. The van der Waals surface area contributed by atoms with E-state index in [0.29, 0.717) is 5.86 Å². The summed E-state index contributed by atoms with van der Waals surface area (Å²) in [5.74, 6) is 0.509. The Balaban J connectivity index is 2.47. The van der Waals surface area contributed by atoms with E-state index in [-0.39, 0.29) is 26.4 Å². The van der Waals surface area contributed by atoms with E-state index < -0.39 is 0 Å². The molecule has 0 aliphatic rings. The molecule has 0 saturated heterocycles. The first-order valence-electron chi connectivity index (χ1n) is 7.37. The summed E-state index contributed by atoms with van der Waals surface area (Å²) in [6.45, 7) is 4.37. The summed E-state index contributed by atoms with van der Waals surface area (Å²) in [6.07, 6.45) is 0. The number of carbonyl (C=O) groups is 1. The van der Waals surface area contributed by atoms with Crippen LogP contribution < -0.4 is 21.2 Å². The molecule has 7 heteroatoms. The van der Waals surface area contributed by atoms with Crippen LogP contribution in [0.25, 0.3) is 0 Å². The summed E-state index contributed by atoms with van der Waals surface area (Å²) in [5, 5.41) is 0. The maximum atomic E-state index is 13.2. The van der Waals surface area contributed by atoms with Crippen molar-refractivity contribution in [2.75, 3.05) is 0 Å². The predicted molar refractivity (Wildman–Crippen MR) is 145 cm³/mol. The van der Waals surface area contributed by atoms with Crippen LogP contribution in [0.4, 0.5) is 0 Å². The van der Waals surface area contributed by atoms with Crippen LogP contribution in [-0.2, 0) is -0.565 Å². The van der Waals surface area contributed by atoms with E-state index in [2.05, 4.69) is 145 Å². The Hall–Kier alpha value is 2.49. The van der Waals surface area contributed by atoms with Crippen LogP contribution in [0.2, 0.25) is 0 Å². The summed E-state index contributed by atoms with van der Waals surface area (Å²) in [5.41, 5.74) is 4.01. The van der Waals surface area contributed by atoms with Gasteiger partial charge in [0.2, 0.25) is 0 Å². The van der Waals surface area contributed by atoms with Crippen LogP contribution in [0, 0.1) is 3.57 Å². The van der Waals surface area contributed by atoms with Gasteiger partial charge < -0.3 is 0 Å². The third-order valence-corrected chi connectivity index (χ3v) is 10.2. The van der Waals surface area contributed by atoms with Crippen molar-refractivity contribution in [3.63, 3.8) is 0 Å². The number of ketones is 1. The predicted octanol–water partition coefficient (Wildman–Crippen LogP) is 4.87. The average molecular weight is 1010 g/mol. The van der Waals surface area contributed by atoms with Crippen molar-refractivity contribution in [2.45, 2.75) is 19.1 Å². The summed E-state index contributed by atoms with van der Waals surface area (Å²) in [4.78, 5) is 13.2. The number of benzene rings is 2. The molecule has 0 amide bonds. The molecule has 2 rings (SSSR count). The minimum absolute atomic E-state index is 0.00175. The molecule has 0 radical (unpaired) electrons. The van der Waals surface area contributed by atoms with Gasteiger partial charge in [-0.25, -0.2) is 0 Å². The Kier molecular flexibility index (Phi) is 9.98. The second kappa shape index (κ2) is 10.5. The molecule has 2 aromatic rings. The molecule has 0 saturated carbocycles. The van der Waals surface area contributed by atoms with Gasteiger partial charge in [-0.05, 0) is 0 Å². The summed E-state index contributed by atoms with van der Waals surface area (Å²) in [7, 11) is 0. The number of carbonyl (C=O) groups excluding carboxylic acids is 1. The first-order chi connectivity index (χ1) is 11.6. The molecule has 0 aromatic heterocycles. The molecule has 0 aliphatic carbocycles. The van der Waals surface area contributed by atoms with E-state index in [1.54, 1.807) is 0 Å². The van der Waals surface area contributed by atoms with Crippen LogP contribution in [0.3, 0.4) is 0 Å². The zero-order valence-electron chi connectivity index (χ0n) is 13.4. The molecule has 25 heavy (non-hydrogen) atoms. The number of halogens is 6. The van der Waals surface area contributed by atoms with Gasteiger partial charge in [0.25, 0.3) is 0 Å². The molecular formula is C18H15I6O-. The molecule has 0 atom stereocenters. The van der Waals surface area contributed by atoms with Gasteiger partial charge in [0.1, 0.15) is 0 Å². The molecule has 0 unspecified atom stereocenters. The van der Waals surface area contributed by atoms with Gasteiger partial charge in [0.15, 0.2) is 0 Å². The van der Waals surface area contributed by atoms with Gasteiger partial charge in [0, 0.05) is 0 Å². The molecule has 0 N–H and O–H groups in total. The van der Waals surface area contributed by atoms with Crippen molar-refractivity contribution >= 4 is 119 Å². The second-order valence-corrected chi connectivity index (χ2v) is 29.4. The van der Waals surface area contributed by atoms with E-state index in [1.165, 1.54) is 9.13 Å². The Bertz CT molecular complexity index is 747. The first-order valence-corrected chi connectivity index (χ1v) is 15.4. The van der Waals surface area contributed by atoms with Crippen LogP contribution in [0.15, 0.2) is 42.5 Å². The Labute approximate surface area is 228 Å². The molecule has 0 heterocycles. The van der Waals surface area contributed by atoms with E-state index in [9.17, 15) is 4.79 Å².